The average Bonchev–Trinajstić information content (AvgIpc) is 3.02. The normalized spacial score (nSPS) is 22.4. The van der Waals surface area contributed by atoms with Crippen LogP contribution in [0.25, 0.3) is 5.57 Å². The Labute approximate surface area is 261 Å². The number of carbonyl (C=O) groups excluding carboxylic acids is 1. The van der Waals surface area contributed by atoms with E-state index in [9.17, 15) is 10.1 Å². The summed E-state index contributed by atoms with van der Waals surface area (Å²) in [6, 6.07) is 8.96. The molecule has 11 heteroatoms. The van der Waals surface area contributed by atoms with Gasteiger partial charge in [-0.15, -0.1) is 0 Å². The number of aromatic nitrogens is 1. The minimum atomic E-state index is -0.571. The van der Waals surface area contributed by atoms with Gasteiger partial charge < -0.3 is 30.2 Å². The molecule has 1 aliphatic carbocycles. The molecule has 236 valence electrons. The maximum Gasteiger partial charge on any atom is 0.334 e. The van der Waals surface area contributed by atoms with Gasteiger partial charge in [0.15, 0.2) is 6.10 Å². The molecule has 10 nitrogen and oxygen atoms in total. The summed E-state index contributed by atoms with van der Waals surface area (Å²) in [5.41, 5.74) is 1.01. The first-order valence-corrected chi connectivity index (χ1v) is 15.6. The Balaban J connectivity index is 1.54. The van der Waals surface area contributed by atoms with Crippen molar-refractivity contribution in [3.63, 3.8) is 0 Å². The third kappa shape index (κ3) is 10.9. The summed E-state index contributed by atoms with van der Waals surface area (Å²) < 4.78 is 16.1. The Bertz CT molecular complexity index is 1160. The molecule has 0 bridgehead atoms. The van der Waals surface area contributed by atoms with Crippen LogP contribution >= 0.6 is 11.6 Å². The fraction of sp³-hybridized carbons (Fsp3) is 0.625. The molecular weight excluding hydrogens is 568 g/mol. The molecule has 2 heterocycles. The van der Waals surface area contributed by atoms with Gasteiger partial charge in [-0.2, -0.15) is 5.26 Å². The number of allylic oxidation sites excluding steroid dienone is 3. The smallest absolute Gasteiger partial charge is 0.334 e. The number of hydrogen-bond acceptors (Lipinski definition) is 10. The molecule has 2 atom stereocenters. The first kappa shape index (κ1) is 34.5. The van der Waals surface area contributed by atoms with Crippen LogP contribution in [0.3, 0.4) is 0 Å². The molecule has 0 spiro atoms. The van der Waals surface area contributed by atoms with Crippen LogP contribution in [0.4, 0.5) is 5.82 Å². The van der Waals surface area contributed by atoms with Crippen molar-refractivity contribution in [2.75, 3.05) is 38.3 Å². The molecule has 1 aliphatic heterocycles. The summed E-state index contributed by atoms with van der Waals surface area (Å²) in [7, 11) is 0. The van der Waals surface area contributed by atoms with E-state index >= 15 is 0 Å². The molecule has 2 fully saturated rings. The largest absolute Gasteiger partial charge is 0.464 e. The molecule has 2 aliphatic rings. The van der Waals surface area contributed by atoms with Gasteiger partial charge in [-0.25, -0.2) is 14.8 Å². The first-order valence-electron chi connectivity index (χ1n) is 15.2. The van der Waals surface area contributed by atoms with Crippen molar-refractivity contribution in [2.45, 2.75) is 90.4 Å². The van der Waals surface area contributed by atoms with E-state index < -0.39 is 11.5 Å². The van der Waals surface area contributed by atoms with E-state index in [0.29, 0.717) is 74.2 Å². The van der Waals surface area contributed by atoms with Gasteiger partial charge in [0, 0.05) is 48.5 Å². The number of carbonyl (C=O) groups is 1. The quantitative estimate of drug-likeness (QED) is 0.139. The number of esters is 1. The lowest BCUT2D eigenvalue weighted by Gasteiger charge is -2.32. The van der Waals surface area contributed by atoms with Crippen molar-refractivity contribution in [3.05, 3.63) is 40.8 Å². The van der Waals surface area contributed by atoms with E-state index in [1.165, 1.54) is 0 Å². The monoisotopic (exact) mass is 614 g/mol. The van der Waals surface area contributed by atoms with Gasteiger partial charge in [0.2, 0.25) is 0 Å². The summed E-state index contributed by atoms with van der Waals surface area (Å²) in [5.74, 6) is 0.999. The van der Waals surface area contributed by atoms with E-state index in [-0.39, 0.29) is 18.1 Å². The molecule has 3 rings (SSSR count). The molecule has 1 aromatic rings. The Morgan fingerprint density at radius 1 is 1.28 bits per heavy atom. The van der Waals surface area contributed by atoms with Crippen LogP contribution in [-0.2, 0) is 19.0 Å². The first-order chi connectivity index (χ1) is 20.7. The highest BCUT2D eigenvalue weighted by atomic mass is 35.5. The van der Waals surface area contributed by atoms with Crippen molar-refractivity contribution >= 4 is 35.7 Å². The van der Waals surface area contributed by atoms with Crippen LogP contribution in [0.1, 0.15) is 71.9 Å². The van der Waals surface area contributed by atoms with Crippen LogP contribution in [0.2, 0.25) is 0 Å². The lowest BCUT2D eigenvalue weighted by molar-refractivity contribution is -0.155. The molecule has 0 radical (unpaired) electrons. The van der Waals surface area contributed by atoms with Crippen LogP contribution in [0.5, 0.6) is 0 Å². The fourth-order valence-corrected chi connectivity index (χ4v) is 5.48. The van der Waals surface area contributed by atoms with Crippen LogP contribution in [0.15, 0.2) is 40.1 Å². The molecule has 1 saturated carbocycles. The van der Waals surface area contributed by atoms with Crippen molar-refractivity contribution in [2.24, 2.45) is 10.4 Å². The zero-order valence-electron chi connectivity index (χ0n) is 26.0. The summed E-state index contributed by atoms with van der Waals surface area (Å²) in [6.45, 7) is 13.7. The highest BCUT2D eigenvalue weighted by Gasteiger charge is 2.32. The molecule has 0 amide bonds. The molecule has 3 N–H and O–H groups in total. The highest BCUT2D eigenvalue weighted by molar-refractivity contribution is 6.32. The Kier molecular flexibility index (Phi) is 13.9. The van der Waals surface area contributed by atoms with E-state index in [4.69, 9.17) is 30.8 Å². The second-order valence-electron chi connectivity index (χ2n) is 11.4. The third-order valence-electron chi connectivity index (χ3n) is 7.96. The zero-order valence-corrected chi connectivity index (χ0v) is 26.7. The van der Waals surface area contributed by atoms with E-state index in [1.807, 2.05) is 31.2 Å². The van der Waals surface area contributed by atoms with Crippen molar-refractivity contribution in [3.8, 4) is 6.07 Å². The van der Waals surface area contributed by atoms with Gasteiger partial charge in [-0.3, -0.25) is 0 Å². The number of hydrogen-bond donors (Lipinski definition) is 3. The molecule has 1 aromatic heterocycles. The third-order valence-corrected chi connectivity index (χ3v) is 8.16. The number of ether oxygens (including phenoxy) is 3. The van der Waals surface area contributed by atoms with Gasteiger partial charge in [0.25, 0.3) is 0 Å². The number of pyridine rings is 1. The Morgan fingerprint density at radius 3 is 2.60 bits per heavy atom. The van der Waals surface area contributed by atoms with Gasteiger partial charge in [0.1, 0.15) is 11.6 Å². The standard InChI is InChI=1S/C32H47ClN6O4/c1-6-42-31(40)24(4)43-19-22(2)37-25-10-12-26(13-11-25)38-30(35-5)18-27(23(3)33)28-8-7-9-29(39-28)36-21-32(20-34)14-16-41-17-15-32/h7-9,18,22,24-26,37-38H,5-6,10-17,19,21H2,1-4H3,(H,36,39)/b27-23-,30-18+/t22-,24-,25?,26?/m1/s1. The van der Waals surface area contributed by atoms with Crippen LogP contribution in [0, 0.1) is 16.7 Å². The Morgan fingerprint density at radius 2 is 1.98 bits per heavy atom. The average molecular weight is 615 g/mol. The summed E-state index contributed by atoms with van der Waals surface area (Å²) in [4.78, 5) is 20.8. The predicted molar refractivity (Wildman–Crippen MR) is 171 cm³/mol. The second kappa shape index (κ2) is 17.4. The minimum Gasteiger partial charge on any atom is -0.464 e. The highest BCUT2D eigenvalue weighted by Crippen LogP contribution is 2.30. The van der Waals surface area contributed by atoms with Crippen LogP contribution in [-0.4, -0.2) is 74.9 Å². The van der Waals surface area contributed by atoms with E-state index in [2.05, 4.69) is 40.7 Å². The zero-order chi connectivity index (χ0) is 31.2. The summed E-state index contributed by atoms with van der Waals surface area (Å²) in [6.07, 6.45) is 6.67. The SMILES string of the molecule is C=N/C(=C\C(=C(/C)Cl)c1cccc(NCC2(C#N)CCOCC2)n1)NC1CCC(N[C@H](C)CO[C@H](C)C(=O)OCC)CC1. The van der Waals surface area contributed by atoms with Crippen molar-refractivity contribution < 1.29 is 19.0 Å². The van der Waals surface area contributed by atoms with Crippen LogP contribution < -0.4 is 16.0 Å². The Hall–Kier alpha value is -2.97. The maximum absolute atomic E-state index is 11.8. The topological polar surface area (TPSA) is 130 Å². The molecule has 43 heavy (non-hydrogen) atoms. The molecule has 0 aromatic carbocycles. The molecule has 0 unspecified atom stereocenters. The lowest BCUT2D eigenvalue weighted by Crippen LogP contribution is -2.44. The van der Waals surface area contributed by atoms with Gasteiger partial charge in [0.05, 0.1) is 30.4 Å². The number of rotatable bonds is 15. The minimum absolute atomic E-state index is 0.121. The lowest BCUT2D eigenvalue weighted by atomic mass is 9.82. The number of nitrogens with one attached hydrogen (secondary N) is 3. The second-order valence-corrected chi connectivity index (χ2v) is 12.0. The number of anilines is 1. The van der Waals surface area contributed by atoms with E-state index in [1.54, 1.807) is 13.8 Å². The fourth-order valence-electron chi connectivity index (χ4n) is 5.33. The summed E-state index contributed by atoms with van der Waals surface area (Å²) in [5, 5.41) is 20.9. The van der Waals surface area contributed by atoms with Crippen molar-refractivity contribution in [1.82, 2.24) is 15.6 Å². The number of aliphatic imine (C=N–C) groups is 1. The number of nitriles is 1. The predicted octanol–water partition coefficient (Wildman–Crippen LogP) is 5.17. The summed E-state index contributed by atoms with van der Waals surface area (Å²) >= 11 is 6.55. The van der Waals surface area contributed by atoms with Gasteiger partial charge in [-0.1, -0.05) is 17.7 Å². The molecular formula is C32H47ClN6O4. The number of nitrogens with zero attached hydrogens (tertiary/aromatic N) is 3. The van der Waals surface area contributed by atoms with Gasteiger partial charge >= 0.3 is 5.97 Å². The number of halogens is 1. The van der Waals surface area contributed by atoms with E-state index in [0.717, 1.165) is 31.3 Å². The van der Waals surface area contributed by atoms with Crippen molar-refractivity contribution in [1.29, 1.82) is 5.26 Å². The van der Waals surface area contributed by atoms with Gasteiger partial charge in [-0.05, 0) is 91.1 Å². The maximum atomic E-state index is 11.8. The molecule has 1 saturated heterocycles.